The number of likely N-dealkylation sites (N-methyl/N-ethyl adjacent to an activating group) is 1. The smallest absolute Gasteiger partial charge is 0.345 e. The first-order valence-electron chi connectivity index (χ1n) is 5.91. The second-order valence-corrected chi connectivity index (χ2v) is 5.73. The van der Waals surface area contributed by atoms with E-state index >= 15 is 0 Å². The van der Waals surface area contributed by atoms with Crippen molar-refractivity contribution in [3.8, 4) is 0 Å². The molecule has 1 amide bonds. The standard InChI is InChI=1S/C13H12ClN3O3S/c1-17(10-4-2-8(14)6-15-10)7-11(18)16-12-5-3-9(21-12)13(19)20/h2-6H,7H2,1H3,(H,16,18)(H,19,20). The van der Waals surface area contributed by atoms with Crippen LogP contribution in [-0.4, -0.2) is 35.6 Å². The number of pyridine rings is 1. The number of carbonyl (C=O) groups excluding carboxylic acids is 1. The summed E-state index contributed by atoms with van der Waals surface area (Å²) in [5, 5.41) is 12.5. The Morgan fingerprint density at radius 2 is 2.14 bits per heavy atom. The Bertz CT molecular complexity index is 657. The number of thiophene rings is 1. The lowest BCUT2D eigenvalue weighted by Gasteiger charge is -2.17. The van der Waals surface area contributed by atoms with Gasteiger partial charge in [-0.05, 0) is 24.3 Å². The van der Waals surface area contributed by atoms with Gasteiger partial charge in [-0.2, -0.15) is 0 Å². The van der Waals surface area contributed by atoms with Crippen molar-refractivity contribution in [2.45, 2.75) is 0 Å². The summed E-state index contributed by atoms with van der Waals surface area (Å²) in [4.78, 5) is 28.6. The molecule has 2 rings (SSSR count). The van der Waals surface area contributed by atoms with Crippen LogP contribution in [0.15, 0.2) is 30.5 Å². The van der Waals surface area contributed by atoms with Crippen molar-refractivity contribution in [3.63, 3.8) is 0 Å². The van der Waals surface area contributed by atoms with Gasteiger partial charge in [-0.1, -0.05) is 11.6 Å². The van der Waals surface area contributed by atoms with Crippen LogP contribution in [0.2, 0.25) is 5.02 Å². The zero-order valence-corrected chi connectivity index (χ0v) is 12.6. The first-order valence-corrected chi connectivity index (χ1v) is 7.11. The monoisotopic (exact) mass is 325 g/mol. The summed E-state index contributed by atoms with van der Waals surface area (Å²) in [5.74, 6) is -0.650. The molecular weight excluding hydrogens is 314 g/mol. The zero-order valence-electron chi connectivity index (χ0n) is 11.0. The van der Waals surface area contributed by atoms with Crippen LogP contribution in [0.25, 0.3) is 0 Å². The van der Waals surface area contributed by atoms with Gasteiger partial charge in [-0.3, -0.25) is 4.79 Å². The maximum absolute atomic E-state index is 11.9. The minimum absolute atomic E-state index is 0.0922. The van der Waals surface area contributed by atoms with E-state index in [2.05, 4.69) is 10.3 Å². The van der Waals surface area contributed by atoms with Crippen LogP contribution in [0.5, 0.6) is 0 Å². The molecule has 110 valence electrons. The third kappa shape index (κ3) is 4.17. The topological polar surface area (TPSA) is 82.5 Å². The lowest BCUT2D eigenvalue weighted by molar-refractivity contribution is -0.114. The third-order valence-electron chi connectivity index (χ3n) is 2.56. The summed E-state index contributed by atoms with van der Waals surface area (Å²) >= 11 is 6.76. The van der Waals surface area contributed by atoms with Gasteiger partial charge in [0.2, 0.25) is 5.91 Å². The van der Waals surface area contributed by atoms with Crippen LogP contribution in [0.1, 0.15) is 9.67 Å². The van der Waals surface area contributed by atoms with E-state index in [-0.39, 0.29) is 17.3 Å². The summed E-state index contributed by atoms with van der Waals surface area (Å²) in [5.41, 5.74) is 0. The summed E-state index contributed by atoms with van der Waals surface area (Å²) < 4.78 is 0. The van der Waals surface area contributed by atoms with Crippen LogP contribution in [0, 0.1) is 0 Å². The van der Waals surface area contributed by atoms with Crippen molar-refractivity contribution in [2.24, 2.45) is 0 Å². The second-order valence-electron chi connectivity index (χ2n) is 4.21. The van der Waals surface area contributed by atoms with Gasteiger partial charge in [-0.15, -0.1) is 11.3 Å². The molecule has 0 radical (unpaired) electrons. The zero-order chi connectivity index (χ0) is 15.4. The SMILES string of the molecule is CN(CC(=O)Nc1ccc(C(=O)O)s1)c1ccc(Cl)cn1. The Labute approximate surface area is 130 Å². The van der Waals surface area contributed by atoms with Crippen LogP contribution in [0.3, 0.4) is 0 Å². The van der Waals surface area contributed by atoms with Gasteiger partial charge in [0.25, 0.3) is 0 Å². The predicted molar refractivity (Wildman–Crippen MR) is 82.4 cm³/mol. The molecule has 0 saturated heterocycles. The number of aromatic nitrogens is 1. The molecule has 0 fully saturated rings. The molecule has 21 heavy (non-hydrogen) atoms. The Balaban J connectivity index is 1.94. The van der Waals surface area contributed by atoms with Crippen LogP contribution in [-0.2, 0) is 4.79 Å². The first-order chi connectivity index (χ1) is 9.95. The van der Waals surface area contributed by atoms with E-state index in [0.717, 1.165) is 11.3 Å². The highest BCUT2D eigenvalue weighted by molar-refractivity contribution is 7.18. The predicted octanol–water partition coefficient (Wildman–Crippen LogP) is 2.57. The average molecular weight is 326 g/mol. The Morgan fingerprint density at radius 1 is 1.38 bits per heavy atom. The van der Waals surface area contributed by atoms with E-state index in [9.17, 15) is 9.59 Å². The summed E-state index contributed by atoms with van der Waals surface area (Å²) in [6.07, 6.45) is 1.50. The number of rotatable bonds is 5. The minimum atomic E-state index is -1.01. The number of amides is 1. The van der Waals surface area contributed by atoms with E-state index in [0.29, 0.717) is 15.8 Å². The lowest BCUT2D eigenvalue weighted by Crippen LogP contribution is -2.30. The summed E-state index contributed by atoms with van der Waals surface area (Å²) in [6.45, 7) is 0.0922. The molecule has 0 aliphatic rings. The molecule has 8 heteroatoms. The van der Waals surface area contributed by atoms with E-state index in [1.165, 1.54) is 12.3 Å². The van der Waals surface area contributed by atoms with Crippen LogP contribution in [0.4, 0.5) is 10.8 Å². The van der Waals surface area contributed by atoms with Gasteiger partial charge in [0.1, 0.15) is 10.7 Å². The lowest BCUT2D eigenvalue weighted by atomic mass is 10.4. The number of hydrogen-bond donors (Lipinski definition) is 2. The van der Waals surface area contributed by atoms with Crippen LogP contribution >= 0.6 is 22.9 Å². The number of nitrogens with one attached hydrogen (secondary N) is 1. The number of carboxylic acid groups (broad SMARTS) is 1. The van der Waals surface area contributed by atoms with E-state index in [4.69, 9.17) is 16.7 Å². The fourth-order valence-electron chi connectivity index (χ4n) is 1.59. The van der Waals surface area contributed by atoms with Gasteiger partial charge in [0.05, 0.1) is 16.6 Å². The Kier molecular flexibility index (Phi) is 4.77. The first kappa shape index (κ1) is 15.3. The summed E-state index contributed by atoms with van der Waals surface area (Å²) in [7, 11) is 1.73. The van der Waals surface area contributed by atoms with Crippen molar-refractivity contribution >= 4 is 45.6 Å². The highest BCUT2D eigenvalue weighted by Crippen LogP contribution is 2.21. The Morgan fingerprint density at radius 3 is 2.71 bits per heavy atom. The maximum atomic E-state index is 11.9. The number of hydrogen-bond acceptors (Lipinski definition) is 5. The maximum Gasteiger partial charge on any atom is 0.345 e. The Hall–Kier alpha value is -2.12. The van der Waals surface area contributed by atoms with Crippen molar-refractivity contribution in [1.29, 1.82) is 0 Å². The van der Waals surface area contributed by atoms with Crippen molar-refractivity contribution in [2.75, 3.05) is 23.8 Å². The molecule has 0 aliphatic carbocycles. The number of aromatic carboxylic acids is 1. The third-order valence-corrected chi connectivity index (χ3v) is 3.78. The van der Waals surface area contributed by atoms with Gasteiger partial charge < -0.3 is 15.3 Å². The molecule has 0 atom stereocenters. The van der Waals surface area contributed by atoms with Gasteiger partial charge >= 0.3 is 5.97 Å². The van der Waals surface area contributed by atoms with Gasteiger partial charge in [-0.25, -0.2) is 9.78 Å². The average Bonchev–Trinajstić information content (AvgIpc) is 2.87. The highest BCUT2D eigenvalue weighted by Gasteiger charge is 2.12. The number of carbonyl (C=O) groups is 2. The van der Waals surface area contributed by atoms with Gasteiger partial charge in [0, 0.05) is 13.2 Å². The second kappa shape index (κ2) is 6.55. The quantitative estimate of drug-likeness (QED) is 0.882. The summed E-state index contributed by atoms with van der Waals surface area (Å²) in [6, 6.07) is 6.42. The molecule has 0 spiro atoms. The van der Waals surface area contributed by atoms with Gasteiger partial charge in [0.15, 0.2) is 0 Å². The normalized spacial score (nSPS) is 10.2. The molecule has 2 heterocycles. The molecule has 2 aromatic heterocycles. The number of nitrogens with zero attached hydrogens (tertiary/aromatic N) is 2. The highest BCUT2D eigenvalue weighted by atomic mass is 35.5. The number of halogens is 1. The van der Waals surface area contributed by atoms with Crippen molar-refractivity contribution in [1.82, 2.24) is 4.98 Å². The molecule has 2 aromatic rings. The fraction of sp³-hybridized carbons (Fsp3) is 0.154. The molecule has 0 aromatic carbocycles. The van der Waals surface area contributed by atoms with Crippen LogP contribution < -0.4 is 10.2 Å². The molecule has 2 N–H and O–H groups in total. The fourth-order valence-corrected chi connectivity index (χ4v) is 2.46. The molecule has 0 bridgehead atoms. The molecule has 0 aliphatic heterocycles. The largest absolute Gasteiger partial charge is 0.477 e. The molecule has 6 nitrogen and oxygen atoms in total. The van der Waals surface area contributed by atoms with Crippen molar-refractivity contribution < 1.29 is 14.7 Å². The molecular formula is C13H12ClN3O3S. The minimum Gasteiger partial charge on any atom is -0.477 e. The van der Waals surface area contributed by atoms with Crippen molar-refractivity contribution in [3.05, 3.63) is 40.4 Å². The molecule has 0 saturated carbocycles. The number of carboxylic acids is 1. The number of anilines is 2. The molecule has 0 unspecified atom stereocenters. The van der Waals surface area contributed by atoms with E-state index in [1.54, 1.807) is 30.1 Å². The van der Waals surface area contributed by atoms with E-state index in [1.807, 2.05) is 0 Å². The van der Waals surface area contributed by atoms with E-state index < -0.39 is 5.97 Å².